The van der Waals surface area contributed by atoms with Gasteiger partial charge in [0.25, 0.3) is 0 Å². The zero-order chi connectivity index (χ0) is 18.6. The number of nitrogens with one attached hydrogen (secondary N) is 3. The molecule has 0 fully saturated rings. The van der Waals surface area contributed by atoms with Gasteiger partial charge in [-0.1, -0.05) is 51.9 Å². The Morgan fingerprint density at radius 3 is 2.00 bits per heavy atom. The van der Waals surface area contributed by atoms with E-state index in [4.69, 9.17) is 0 Å². The number of hydrogen-bond donors (Lipinski definition) is 3. The van der Waals surface area contributed by atoms with Crippen LogP contribution in [0.25, 0.3) is 0 Å². The molecule has 1 unspecified atom stereocenters. The van der Waals surface area contributed by atoms with Gasteiger partial charge in [-0.3, -0.25) is 4.79 Å². The first kappa shape index (κ1) is 24.6. The standard InChI is InChI=1S/C21H45N3O/c1-4-5-18-24-19-13-10-8-6-7-9-11-16-21(25)20(23-3)15-12-14-17-22-2/h20,22-24H,4-19H2,1-3H3. The van der Waals surface area contributed by atoms with Crippen molar-refractivity contribution < 1.29 is 4.79 Å². The summed E-state index contributed by atoms with van der Waals surface area (Å²) in [4.78, 5) is 12.2. The van der Waals surface area contributed by atoms with Crippen molar-refractivity contribution in [3.63, 3.8) is 0 Å². The number of rotatable bonds is 20. The number of likely N-dealkylation sites (N-methyl/N-ethyl adjacent to an activating group) is 1. The highest BCUT2D eigenvalue weighted by Crippen LogP contribution is 2.11. The molecule has 0 aromatic carbocycles. The molecule has 0 aliphatic rings. The summed E-state index contributed by atoms with van der Waals surface area (Å²) >= 11 is 0. The predicted octanol–water partition coefficient (Wildman–Crippen LogP) is 4.04. The number of carbonyl (C=O) groups is 1. The lowest BCUT2D eigenvalue weighted by molar-refractivity contribution is -0.121. The van der Waals surface area contributed by atoms with Gasteiger partial charge in [0, 0.05) is 6.42 Å². The van der Waals surface area contributed by atoms with Crippen LogP contribution in [0, 0.1) is 0 Å². The van der Waals surface area contributed by atoms with Crippen LogP contribution in [-0.4, -0.2) is 45.6 Å². The highest BCUT2D eigenvalue weighted by molar-refractivity contribution is 5.83. The first-order valence-electron chi connectivity index (χ1n) is 10.8. The number of unbranched alkanes of at least 4 members (excludes halogenated alkanes) is 8. The van der Waals surface area contributed by atoms with Crippen LogP contribution in [0.4, 0.5) is 0 Å². The van der Waals surface area contributed by atoms with Crippen molar-refractivity contribution in [3.8, 4) is 0 Å². The lowest BCUT2D eigenvalue weighted by Gasteiger charge is -2.14. The molecule has 0 spiro atoms. The SMILES string of the molecule is CCCCNCCCCCCCCCC(=O)C(CCCCNC)NC. The lowest BCUT2D eigenvalue weighted by Crippen LogP contribution is -2.34. The molecule has 1 atom stereocenters. The Kier molecular flexibility index (Phi) is 19.5. The summed E-state index contributed by atoms with van der Waals surface area (Å²) < 4.78 is 0. The molecular weight excluding hydrogens is 310 g/mol. The van der Waals surface area contributed by atoms with E-state index in [-0.39, 0.29) is 6.04 Å². The third-order valence-electron chi connectivity index (χ3n) is 4.89. The van der Waals surface area contributed by atoms with E-state index in [9.17, 15) is 4.79 Å². The normalized spacial score (nSPS) is 12.4. The molecule has 4 heteroatoms. The summed E-state index contributed by atoms with van der Waals surface area (Å²) in [6.07, 6.45) is 15.4. The van der Waals surface area contributed by atoms with Gasteiger partial charge >= 0.3 is 0 Å². The summed E-state index contributed by atoms with van der Waals surface area (Å²) in [5.74, 6) is 0.408. The van der Waals surface area contributed by atoms with Crippen molar-refractivity contribution in [2.75, 3.05) is 33.7 Å². The maximum absolute atomic E-state index is 12.2. The van der Waals surface area contributed by atoms with Crippen molar-refractivity contribution in [3.05, 3.63) is 0 Å². The van der Waals surface area contributed by atoms with Gasteiger partial charge in [0.2, 0.25) is 0 Å². The quantitative estimate of drug-likeness (QED) is 0.288. The second-order valence-electron chi connectivity index (χ2n) is 7.24. The Balaban J connectivity index is 3.40. The van der Waals surface area contributed by atoms with Crippen LogP contribution < -0.4 is 16.0 Å². The van der Waals surface area contributed by atoms with Crippen LogP contribution in [-0.2, 0) is 4.79 Å². The molecule has 3 N–H and O–H groups in total. The number of hydrogen-bond acceptors (Lipinski definition) is 4. The Hall–Kier alpha value is -0.450. The number of Topliss-reactive ketones (excluding diaryl/α,β-unsaturated/α-hetero) is 1. The second-order valence-corrected chi connectivity index (χ2v) is 7.24. The summed E-state index contributed by atoms with van der Waals surface area (Å²) in [7, 11) is 3.89. The average Bonchev–Trinajstić information content (AvgIpc) is 2.62. The van der Waals surface area contributed by atoms with E-state index >= 15 is 0 Å². The topological polar surface area (TPSA) is 53.2 Å². The maximum Gasteiger partial charge on any atom is 0.149 e. The van der Waals surface area contributed by atoms with Crippen molar-refractivity contribution in [2.24, 2.45) is 0 Å². The maximum atomic E-state index is 12.2. The molecule has 0 heterocycles. The van der Waals surface area contributed by atoms with Gasteiger partial charge in [0.05, 0.1) is 6.04 Å². The van der Waals surface area contributed by atoms with Crippen LogP contribution in [0.3, 0.4) is 0 Å². The second kappa shape index (κ2) is 19.9. The Bertz CT molecular complexity index is 284. The highest BCUT2D eigenvalue weighted by atomic mass is 16.1. The average molecular weight is 356 g/mol. The number of ketones is 1. The molecule has 0 radical (unpaired) electrons. The monoisotopic (exact) mass is 355 g/mol. The molecule has 0 rings (SSSR count). The lowest BCUT2D eigenvalue weighted by atomic mass is 10.00. The van der Waals surface area contributed by atoms with E-state index < -0.39 is 0 Å². The van der Waals surface area contributed by atoms with Gasteiger partial charge in [-0.15, -0.1) is 0 Å². The zero-order valence-corrected chi connectivity index (χ0v) is 17.3. The largest absolute Gasteiger partial charge is 0.320 e. The summed E-state index contributed by atoms with van der Waals surface area (Å²) in [5.41, 5.74) is 0. The third kappa shape index (κ3) is 16.8. The van der Waals surface area contributed by atoms with E-state index in [0.29, 0.717) is 5.78 Å². The summed E-state index contributed by atoms with van der Waals surface area (Å²) in [6.45, 7) is 5.63. The van der Waals surface area contributed by atoms with E-state index in [1.807, 2.05) is 14.1 Å². The fourth-order valence-electron chi connectivity index (χ4n) is 3.15. The molecule has 0 aliphatic heterocycles. The molecule has 25 heavy (non-hydrogen) atoms. The molecule has 0 aromatic heterocycles. The third-order valence-corrected chi connectivity index (χ3v) is 4.89. The highest BCUT2D eigenvalue weighted by Gasteiger charge is 2.14. The molecule has 0 bridgehead atoms. The van der Waals surface area contributed by atoms with Gasteiger partial charge in [-0.05, 0) is 65.8 Å². The van der Waals surface area contributed by atoms with Crippen LogP contribution in [0.2, 0.25) is 0 Å². The fraction of sp³-hybridized carbons (Fsp3) is 0.952. The van der Waals surface area contributed by atoms with Crippen molar-refractivity contribution in [2.45, 2.75) is 96.4 Å². The van der Waals surface area contributed by atoms with Crippen LogP contribution in [0.5, 0.6) is 0 Å². The van der Waals surface area contributed by atoms with Gasteiger partial charge < -0.3 is 16.0 Å². The van der Waals surface area contributed by atoms with Crippen LogP contribution in [0.15, 0.2) is 0 Å². The minimum absolute atomic E-state index is 0.0667. The molecular formula is C21H45N3O. The van der Waals surface area contributed by atoms with E-state index in [2.05, 4.69) is 22.9 Å². The molecule has 0 aromatic rings. The van der Waals surface area contributed by atoms with Gasteiger partial charge in [0.15, 0.2) is 0 Å². The van der Waals surface area contributed by atoms with E-state index in [1.165, 1.54) is 64.5 Å². The zero-order valence-electron chi connectivity index (χ0n) is 17.3. The first-order valence-corrected chi connectivity index (χ1v) is 10.8. The molecule has 0 saturated heterocycles. The molecule has 0 saturated carbocycles. The Morgan fingerprint density at radius 2 is 1.36 bits per heavy atom. The number of carbonyl (C=O) groups excluding carboxylic acids is 1. The molecule has 4 nitrogen and oxygen atoms in total. The first-order chi connectivity index (χ1) is 12.3. The predicted molar refractivity (Wildman–Crippen MR) is 110 cm³/mol. The van der Waals surface area contributed by atoms with E-state index in [1.54, 1.807) is 0 Å². The fourth-order valence-corrected chi connectivity index (χ4v) is 3.15. The van der Waals surface area contributed by atoms with Gasteiger partial charge in [-0.2, -0.15) is 0 Å². The molecule has 0 amide bonds. The Morgan fingerprint density at radius 1 is 0.760 bits per heavy atom. The Labute approximate surface area is 157 Å². The smallest absolute Gasteiger partial charge is 0.149 e. The molecule has 0 aliphatic carbocycles. The van der Waals surface area contributed by atoms with Crippen molar-refractivity contribution >= 4 is 5.78 Å². The van der Waals surface area contributed by atoms with Gasteiger partial charge in [0.1, 0.15) is 5.78 Å². The van der Waals surface area contributed by atoms with Crippen LogP contribution >= 0.6 is 0 Å². The molecule has 150 valence electrons. The van der Waals surface area contributed by atoms with E-state index in [0.717, 1.165) is 38.6 Å². The summed E-state index contributed by atoms with van der Waals surface area (Å²) in [6, 6.07) is 0.0667. The summed E-state index contributed by atoms with van der Waals surface area (Å²) in [5, 5.41) is 9.85. The van der Waals surface area contributed by atoms with Crippen LogP contribution in [0.1, 0.15) is 90.4 Å². The minimum Gasteiger partial charge on any atom is -0.320 e. The van der Waals surface area contributed by atoms with Gasteiger partial charge in [-0.25, -0.2) is 0 Å². The minimum atomic E-state index is 0.0667. The van der Waals surface area contributed by atoms with Crippen molar-refractivity contribution in [1.82, 2.24) is 16.0 Å². The van der Waals surface area contributed by atoms with Crippen molar-refractivity contribution in [1.29, 1.82) is 0 Å².